The molecule has 0 aromatic rings. The smallest absolute Gasteiger partial charge is 0.0746 e. The highest BCUT2D eigenvalue weighted by Crippen LogP contribution is 2.77. The SMILES string of the molecule is CCOC1(C)C(C)C(CC)(CC)C(CC)(CC)C(C)(C)C1(CC)CC. The summed E-state index contributed by atoms with van der Waals surface area (Å²) in [5.74, 6) is 0.558. The Morgan fingerprint density at radius 1 is 0.640 bits per heavy atom. The molecule has 2 unspecified atom stereocenters. The molecule has 1 aliphatic rings. The van der Waals surface area contributed by atoms with Gasteiger partial charge in [-0.1, -0.05) is 62.3 Å². The van der Waals surface area contributed by atoms with Gasteiger partial charge in [0, 0.05) is 12.0 Å². The van der Waals surface area contributed by atoms with Crippen LogP contribution in [0.15, 0.2) is 0 Å². The highest BCUT2D eigenvalue weighted by Gasteiger charge is 2.74. The molecule has 1 aliphatic carbocycles. The second-order valence-corrected chi connectivity index (χ2v) is 9.33. The van der Waals surface area contributed by atoms with Crippen molar-refractivity contribution in [2.24, 2.45) is 27.6 Å². The Bertz CT molecular complexity index is 423. The quantitative estimate of drug-likeness (QED) is 0.431. The molecule has 0 aromatic heterocycles. The third kappa shape index (κ3) is 2.36. The van der Waals surface area contributed by atoms with E-state index >= 15 is 0 Å². The molecule has 1 heteroatoms. The molecule has 0 amide bonds. The van der Waals surface area contributed by atoms with E-state index in [1.807, 2.05) is 0 Å². The molecule has 0 aromatic carbocycles. The van der Waals surface area contributed by atoms with Gasteiger partial charge in [0.1, 0.15) is 0 Å². The number of hydrogen-bond acceptors (Lipinski definition) is 1. The van der Waals surface area contributed by atoms with Gasteiger partial charge in [-0.25, -0.2) is 0 Å². The maximum Gasteiger partial charge on any atom is 0.0746 e. The minimum atomic E-state index is -0.0748. The second kappa shape index (κ2) is 7.53. The first-order valence-electron chi connectivity index (χ1n) is 11.2. The average molecular weight is 353 g/mol. The Kier molecular flexibility index (Phi) is 6.93. The van der Waals surface area contributed by atoms with Crippen LogP contribution in [0.1, 0.15) is 115 Å². The van der Waals surface area contributed by atoms with Gasteiger partial charge in [-0.15, -0.1) is 0 Å². The highest BCUT2D eigenvalue weighted by atomic mass is 16.5. The first kappa shape index (κ1) is 23.0. The predicted molar refractivity (Wildman–Crippen MR) is 112 cm³/mol. The Hall–Kier alpha value is -0.0400. The van der Waals surface area contributed by atoms with E-state index in [0.29, 0.717) is 16.7 Å². The second-order valence-electron chi connectivity index (χ2n) is 9.33. The van der Waals surface area contributed by atoms with E-state index in [-0.39, 0.29) is 16.4 Å². The van der Waals surface area contributed by atoms with Gasteiger partial charge in [0.25, 0.3) is 0 Å². The average Bonchev–Trinajstić information content (AvgIpc) is 2.59. The van der Waals surface area contributed by atoms with Gasteiger partial charge in [-0.05, 0) is 74.5 Å². The molecule has 0 bridgehead atoms. The number of rotatable bonds is 8. The molecule has 25 heavy (non-hydrogen) atoms. The van der Waals surface area contributed by atoms with E-state index in [0.717, 1.165) is 6.61 Å². The fraction of sp³-hybridized carbons (Fsp3) is 1.00. The molecule has 0 heterocycles. The summed E-state index contributed by atoms with van der Waals surface area (Å²) in [7, 11) is 0. The zero-order valence-corrected chi connectivity index (χ0v) is 19.4. The van der Waals surface area contributed by atoms with Crippen molar-refractivity contribution in [3.63, 3.8) is 0 Å². The van der Waals surface area contributed by atoms with E-state index in [1.165, 1.54) is 38.5 Å². The Morgan fingerprint density at radius 3 is 1.32 bits per heavy atom. The molecule has 1 nitrogen and oxygen atoms in total. The van der Waals surface area contributed by atoms with E-state index in [9.17, 15) is 0 Å². The number of hydrogen-bond donors (Lipinski definition) is 0. The van der Waals surface area contributed by atoms with Crippen LogP contribution in [0.5, 0.6) is 0 Å². The van der Waals surface area contributed by atoms with Crippen LogP contribution in [0.2, 0.25) is 0 Å². The van der Waals surface area contributed by atoms with Crippen LogP contribution < -0.4 is 0 Å². The lowest BCUT2D eigenvalue weighted by Gasteiger charge is -2.77. The molecule has 0 radical (unpaired) electrons. The van der Waals surface area contributed by atoms with Crippen molar-refractivity contribution in [1.82, 2.24) is 0 Å². The van der Waals surface area contributed by atoms with Crippen molar-refractivity contribution in [1.29, 1.82) is 0 Å². The molecule has 150 valence electrons. The largest absolute Gasteiger partial charge is 0.375 e. The Morgan fingerprint density at radius 2 is 1.04 bits per heavy atom. The number of ether oxygens (including phenoxy) is 1. The zero-order valence-electron chi connectivity index (χ0n) is 19.4. The minimum absolute atomic E-state index is 0.0748. The van der Waals surface area contributed by atoms with Gasteiger partial charge < -0.3 is 4.74 Å². The molecule has 0 N–H and O–H groups in total. The molecule has 0 spiro atoms. The van der Waals surface area contributed by atoms with Gasteiger partial charge in [0.15, 0.2) is 0 Å². The molecule has 1 fully saturated rings. The van der Waals surface area contributed by atoms with Crippen LogP contribution in [0.3, 0.4) is 0 Å². The van der Waals surface area contributed by atoms with Crippen LogP contribution in [-0.4, -0.2) is 12.2 Å². The van der Waals surface area contributed by atoms with Crippen LogP contribution in [0.4, 0.5) is 0 Å². The van der Waals surface area contributed by atoms with Crippen LogP contribution in [0, 0.1) is 27.6 Å². The summed E-state index contributed by atoms with van der Waals surface area (Å²) in [6.45, 7) is 27.8. The van der Waals surface area contributed by atoms with E-state index in [4.69, 9.17) is 4.74 Å². The van der Waals surface area contributed by atoms with Crippen molar-refractivity contribution >= 4 is 0 Å². The van der Waals surface area contributed by atoms with Crippen molar-refractivity contribution < 1.29 is 4.74 Å². The molecule has 0 aliphatic heterocycles. The maximum absolute atomic E-state index is 6.76. The van der Waals surface area contributed by atoms with Gasteiger partial charge in [0.2, 0.25) is 0 Å². The van der Waals surface area contributed by atoms with Gasteiger partial charge >= 0.3 is 0 Å². The lowest BCUT2D eigenvalue weighted by Crippen LogP contribution is -2.75. The first-order valence-corrected chi connectivity index (χ1v) is 11.2. The van der Waals surface area contributed by atoms with Crippen LogP contribution >= 0.6 is 0 Å². The van der Waals surface area contributed by atoms with E-state index in [1.54, 1.807) is 0 Å². The molecule has 0 saturated heterocycles. The zero-order chi connectivity index (χ0) is 19.7. The van der Waals surface area contributed by atoms with Gasteiger partial charge in [-0.2, -0.15) is 0 Å². The lowest BCUT2D eigenvalue weighted by molar-refractivity contribution is -0.328. The Labute approximate surface area is 159 Å². The third-order valence-electron chi connectivity index (χ3n) is 10.1. The molecular formula is C24H48O. The summed E-state index contributed by atoms with van der Waals surface area (Å²) in [4.78, 5) is 0. The standard InChI is InChI=1S/C24H48O/c1-12-22(13-2)19(8)21(11,25-18-7)23(14-3,15-4)20(9,10)24(22,16-5)17-6/h19H,12-18H2,1-11H3. The molecule has 1 saturated carbocycles. The normalized spacial score (nSPS) is 32.5. The summed E-state index contributed by atoms with van der Waals surface area (Å²) in [5.41, 5.74) is 1.04. The van der Waals surface area contributed by atoms with Gasteiger partial charge in [-0.3, -0.25) is 0 Å². The topological polar surface area (TPSA) is 9.23 Å². The third-order valence-corrected chi connectivity index (χ3v) is 10.1. The summed E-state index contributed by atoms with van der Waals surface area (Å²) >= 11 is 0. The van der Waals surface area contributed by atoms with Crippen LogP contribution in [-0.2, 0) is 4.74 Å². The highest BCUT2D eigenvalue weighted by molar-refractivity contribution is 5.23. The molecule has 1 rings (SSSR count). The first-order chi connectivity index (χ1) is 11.6. The van der Waals surface area contributed by atoms with E-state index in [2.05, 4.69) is 76.2 Å². The minimum Gasteiger partial charge on any atom is -0.375 e. The predicted octanol–water partition coefficient (Wildman–Crippen LogP) is 7.88. The van der Waals surface area contributed by atoms with Crippen molar-refractivity contribution in [3.8, 4) is 0 Å². The fourth-order valence-corrected chi connectivity index (χ4v) is 8.83. The lowest BCUT2D eigenvalue weighted by atomic mass is 9.29. The van der Waals surface area contributed by atoms with E-state index < -0.39 is 0 Å². The summed E-state index contributed by atoms with van der Waals surface area (Å²) in [6.07, 6.45) is 7.44. The monoisotopic (exact) mass is 352 g/mol. The van der Waals surface area contributed by atoms with Crippen molar-refractivity contribution in [2.75, 3.05) is 6.61 Å². The molecule has 2 atom stereocenters. The Balaban J connectivity index is 3.98. The maximum atomic E-state index is 6.76. The molecular weight excluding hydrogens is 304 g/mol. The van der Waals surface area contributed by atoms with Crippen molar-refractivity contribution in [3.05, 3.63) is 0 Å². The van der Waals surface area contributed by atoms with Crippen molar-refractivity contribution in [2.45, 2.75) is 120 Å². The van der Waals surface area contributed by atoms with Gasteiger partial charge in [0.05, 0.1) is 5.60 Å². The summed E-state index contributed by atoms with van der Waals surface area (Å²) in [6, 6.07) is 0. The van der Waals surface area contributed by atoms with Crippen LogP contribution in [0.25, 0.3) is 0 Å². The summed E-state index contributed by atoms with van der Waals surface area (Å²) < 4.78 is 6.76. The fourth-order valence-electron chi connectivity index (χ4n) is 8.83. The summed E-state index contributed by atoms with van der Waals surface area (Å²) in [5, 5.41) is 0.